The van der Waals surface area contributed by atoms with Crippen molar-refractivity contribution in [1.82, 2.24) is 15.0 Å². The van der Waals surface area contributed by atoms with E-state index >= 15 is 0 Å². The molecule has 0 saturated heterocycles. The van der Waals surface area contributed by atoms with E-state index in [0.29, 0.717) is 5.52 Å². The number of hydrogen-bond acceptors (Lipinski definition) is 2. The second kappa shape index (κ2) is 5.32. The molecule has 3 nitrogen and oxygen atoms in total. The van der Waals surface area contributed by atoms with E-state index in [-0.39, 0.29) is 5.82 Å². The Bertz CT molecular complexity index is 987. The number of halogens is 1. The fraction of sp³-hybridized carbons (Fsp3) is 0.0526. The maximum atomic E-state index is 13.3. The lowest BCUT2D eigenvalue weighted by Crippen LogP contribution is -1.87. The van der Waals surface area contributed by atoms with Crippen LogP contribution in [-0.2, 0) is 0 Å². The van der Waals surface area contributed by atoms with Gasteiger partial charge in [0.1, 0.15) is 11.6 Å². The zero-order valence-corrected chi connectivity index (χ0v) is 12.5. The normalized spacial score (nSPS) is 11.0. The van der Waals surface area contributed by atoms with E-state index in [1.807, 2.05) is 43.3 Å². The molecule has 0 amide bonds. The average Bonchev–Trinajstić information content (AvgIpc) is 2.98. The third-order valence-electron chi connectivity index (χ3n) is 3.89. The Balaban J connectivity index is 1.73. The van der Waals surface area contributed by atoms with Crippen molar-refractivity contribution in [2.45, 2.75) is 6.92 Å². The Hall–Kier alpha value is -3.01. The number of H-pyrrole nitrogens is 1. The molecule has 112 valence electrons. The molecule has 0 aliphatic rings. The van der Waals surface area contributed by atoms with E-state index in [9.17, 15) is 4.39 Å². The number of imidazole rings is 1. The molecule has 0 fully saturated rings. The van der Waals surface area contributed by atoms with Crippen LogP contribution in [0.25, 0.3) is 33.7 Å². The van der Waals surface area contributed by atoms with E-state index in [1.54, 1.807) is 12.3 Å². The first kappa shape index (κ1) is 13.6. The number of rotatable bonds is 2. The Labute approximate surface area is 132 Å². The van der Waals surface area contributed by atoms with Gasteiger partial charge in [-0.15, -0.1) is 0 Å². The molecule has 0 aliphatic carbocycles. The first-order valence-corrected chi connectivity index (χ1v) is 7.38. The maximum Gasteiger partial charge on any atom is 0.138 e. The van der Waals surface area contributed by atoms with Crippen LogP contribution in [0.2, 0.25) is 0 Å². The van der Waals surface area contributed by atoms with Crippen molar-refractivity contribution < 1.29 is 4.39 Å². The van der Waals surface area contributed by atoms with Crippen molar-refractivity contribution in [2.24, 2.45) is 0 Å². The van der Waals surface area contributed by atoms with Gasteiger partial charge in [-0.3, -0.25) is 4.98 Å². The Kier molecular flexibility index (Phi) is 3.15. The number of fused-ring (bicyclic) bond motifs is 1. The lowest BCUT2D eigenvalue weighted by Gasteiger charge is -2.05. The van der Waals surface area contributed by atoms with Gasteiger partial charge in [0.2, 0.25) is 0 Å². The molecule has 2 aromatic heterocycles. The first-order valence-electron chi connectivity index (χ1n) is 7.38. The lowest BCUT2D eigenvalue weighted by molar-refractivity contribution is 0.629. The summed E-state index contributed by atoms with van der Waals surface area (Å²) in [5.74, 6) is 0.462. The van der Waals surface area contributed by atoms with Gasteiger partial charge in [0, 0.05) is 17.3 Å². The van der Waals surface area contributed by atoms with Crippen molar-refractivity contribution in [3.05, 3.63) is 72.2 Å². The molecule has 0 spiro atoms. The van der Waals surface area contributed by atoms with Crippen molar-refractivity contribution in [1.29, 1.82) is 0 Å². The van der Waals surface area contributed by atoms with Gasteiger partial charge in [0.25, 0.3) is 0 Å². The molecule has 0 saturated carbocycles. The number of hydrogen-bond donors (Lipinski definition) is 1. The van der Waals surface area contributed by atoms with Crippen molar-refractivity contribution in [3.63, 3.8) is 0 Å². The predicted octanol–water partition coefficient (Wildman–Crippen LogP) is 4.74. The summed E-state index contributed by atoms with van der Waals surface area (Å²) < 4.78 is 13.3. The summed E-state index contributed by atoms with van der Waals surface area (Å²) in [6.45, 7) is 2.05. The molecule has 0 unspecified atom stereocenters. The predicted molar refractivity (Wildman–Crippen MR) is 89.5 cm³/mol. The minimum Gasteiger partial charge on any atom is -0.338 e. The van der Waals surface area contributed by atoms with E-state index in [4.69, 9.17) is 0 Å². The number of benzene rings is 2. The molecular formula is C19H14FN3. The first-order chi connectivity index (χ1) is 11.2. The third kappa shape index (κ3) is 2.48. The molecular weight excluding hydrogens is 289 g/mol. The highest BCUT2D eigenvalue weighted by Crippen LogP contribution is 2.25. The van der Waals surface area contributed by atoms with Crippen LogP contribution in [0, 0.1) is 12.7 Å². The number of aromatic amines is 1. The number of pyridine rings is 1. The fourth-order valence-corrected chi connectivity index (χ4v) is 2.69. The van der Waals surface area contributed by atoms with E-state index in [2.05, 4.69) is 15.0 Å². The minimum atomic E-state index is -0.270. The number of aromatic nitrogens is 3. The van der Waals surface area contributed by atoms with Crippen LogP contribution in [0.3, 0.4) is 0 Å². The Morgan fingerprint density at radius 3 is 2.52 bits per heavy atom. The van der Waals surface area contributed by atoms with Crippen LogP contribution < -0.4 is 0 Å². The third-order valence-corrected chi connectivity index (χ3v) is 3.89. The highest BCUT2D eigenvalue weighted by atomic mass is 19.1. The quantitative estimate of drug-likeness (QED) is 0.581. The largest absolute Gasteiger partial charge is 0.338 e. The summed E-state index contributed by atoms with van der Waals surface area (Å²) in [6.07, 6.45) is 1.80. The van der Waals surface area contributed by atoms with Gasteiger partial charge in [-0.1, -0.05) is 30.3 Å². The monoisotopic (exact) mass is 303 g/mol. The van der Waals surface area contributed by atoms with Crippen LogP contribution in [0.15, 0.2) is 60.8 Å². The van der Waals surface area contributed by atoms with Crippen molar-refractivity contribution in [2.75, 3.05) is 0 Å². The molecule has 0 radical (unpaired) electrons. The zero-order chi connectivity index (χ0) is 15.8. The second-order valence-corrected chi connectivity index (χ2v) is 5.49. The number of aryl methyl sites for hydroxylation is 1. The molecule has 23 heavy (non-hydrogen) atoms. The maximum absolute atomic E-state index is 13.3. The molecule has 2 aromatic carbocycles. The standard InChI is InChI=1S/C19H14FN3/c1-12-3-2-10-21-18(12)13-4-6-14(7-5-13)19-22-16-9-8-15(20)11-17(16)23-19/h2-11H,1H3,(H,22,23). The smallest absolute Gasteiger partial charge is 0.138 e. The van der Waals surface area contributed by atoms with Crippen LogP contribution in [0.5, 0.6) is 0 Å². The zero-order valence-electron chi connectivity index (χ0n) is 12.5. The van der Waals surface area contributed by atoms with Crippen molar-refractivity contribution in [3.8, 4) is 22.6 Å². The van der Waals surface area contributed by atoms with Crippen LogP contribution in [0.4, 0.5) is 4.39 Å². The van der Waals surface area contributed by atoms with Gasteiger partial charge >= 0.3 is 0 Å². The van der Waals surface area contributed by atoms with Crippen LogP contribution >= 0.6 is 0 Å². The lowest BCUT2D eigenvalue weighted by atomic mass is 10.0. The van der Waals surface area contributed by atoms with Gasteiger partial charge < -0.3 is 4.98 Å². The molecule has 1 N–H and O–H groups in total. The molecule has 4 rings (SSSR count). The summed E-state index contributed by atoms with van der Waals surface area (Å²) >= 11 is 0. The van der Waals surface area contributed by atoms with Gasteiger partial charge in [-0.2, -0.15) is 0 Å². The summed E-state index contributed by atoms with van der Waals surface area (Å²) in [5.41, 5.74) is 5.59. The summed E-state index contributed by atoms with van der Waals surface area (Å²) in [7, 11) is 0. The molecule has 0 bridgehead atoms. The minimum absolute atomic E-state index is 0.270. The highest BCUT2D eigenvalue weighted by molar-refractivity contribution is 5.79. The van der Waals surface area contributed by atoms with Gasteiger partial charge in [0.05, 0.1) is 16.7 Å². The summed E-state index contributed by atoms with van der Waals surface area (Å²) in [5, 5.41) is 0. The molecule has 2 heterocycles. The van der Waals surface area contributed by atoms with E-state index < -0.39 is 0 Å². The van der Waals surface area contributed by atoms with E-state index in [1.165, 1.54) is 12.1 Å². The van der Waals surface area contributed by atoms with Gasteiger partial charge in [0.15, 0.2) is 0 Å². The molecule has 0 atom stereocenters. The van der Waals surface area contributed by atoms with Crippen molar-refractivity contribution >= 4 is 11.0 Å². The topological polar surface area (TPSA) is 41.6 Å². The Morgan fingerprint density at radius 1 is 0.957 bits per heavy atom. The molecule has 4 aromatic rings. The number of nitrogens with one attached hydrogen (secondary N) is 1. The van der Waals surface area contributed by atoms with Gasteiger partial charge in [-0.25, -0.2) is 9.37 Å². The number of nitrogens with zero attached hydrogens (tertiary/aromatic N) is 2. The van der Waals surface area contributed by atoms with Gasteiger partial charge in [-0.05, 0) is 36.8 Å². The second-order valence-electron chi connectivity index (χ2n) is 5.49. The highest BCUT2D eigenvalue weighted by Gasteiger charge is 2.07. The molecule has 4 heteroatoms. The average molecular weight is 303 g/mol. The van der Waals surface area contributed by atoms with Crippen LogP contribution in [0.1, 0.15) is 5.56 Å². The fourth-order valence-electron chi connectivity index (χ4n) is 2.69. The SMILES string of the molecule is Cc1cccnc1-c1ccc(-c2nc3ccc(F)cc3[nH]2)cc1. The summed E-state index contributed by atoms with van der Waals surface area (Å²) in [4.78, 5) is 12.1. The van der Waals surface area contributed by atoms with E-state index in [0.717, 1.165) is 33.7 Å². The molecule has 0 aliphatic heterocycles. The Morgan fingerprint density at radius 2 is 1.74 bits per heavy atom. The summed E-state index contributed by atoms with van der Waals surface area (Å²) in [6, 6.07) is 16.6. The van der Waals surface area contributed by atoms with Crippen LogP contribution in [-0.4, -0.2) is 15.0 Å².